The van der Waals surface area contributed by atoms with Crippen molar-refractivity contribution in [3.8, 4) is 0 Å². The lowest BCUT2D eigenvalue weighted by atomic mass is 10.2. The number of para-hydroxylation sites is 1. The average Bonchev–Trinajstić information content (AvgIpc) is 2.81. The average molecular weight is 280 g/mol. The summed E-state index contributed by atoms with van der Waals surface area (Å²) in [5.74, 6) is 0. The minimum absolute atomic E-state index is 0.0881. The third kappa shape index (κ3) is 2.94. The fraction of sp³-hybridized carbons (Fsp3) is 0.250. The van der Waals surface area contributed by atoms with Crippen LogP contribution in [0.15, 0.2) is 35.5 Å². The predicted molar refractivity (Wildman–Crippen MR) is 73.3 cm³/mol. The first kappa shape index (κ1) is 13.6. The Labute approximate surface area is 112 Å². The number of anilines is 1. The summed E-state index contributed by atoms with van der Waals surface area (Å²) in [5, 5.41) is 9.31. The molecular weight excluding hydrogens is 264 g/mol. The predicted octanol–water partition coefficient (Wildman–Crippen LogP) is 1.24. The molecule has 7 heteroatoms. The van der Waals surface area contributed by atoms with Crippen LogP contribution >= 0.6 is 0 Å². The Kier molecular flexibility index (Phi) is 3.87. The third-order valence-corrected chi connectivity index (χ3v) is 4.08. The number of nitrogens with one attached hydrogen (secondary N) is 3. The summed E-state index contributed by atoms with van der Waals surface area (Å²) in [6, 6.07) is 7.21. The van der Waals surface area contributed by atoms with Crippen molar-refractivity contribution in [2.45, 2.75) is 18.5 Å². The Morgan fingerprint density at radius 2 is 2.05 bits per heavy atom. The number of rotatable bonds is 5. The SMILES string of the molecule is CNCc1cn[nH]c1S(=O)(=O)Nc1ccccc1C. The minimum atomic E-state index is -3.65. The van der Waals surface area contributed by atoms with Crippen LogP contribution in [0.3, 0.4) is 0 Å². The van der Waals surface area contributed by atoms with Gasteiger partial charge in [0.25, 0.3) is 10.0 Å². The van der Waals surface area contributed by atoms with Crippen molar-refractivity contribution >= 4 is 15.7 Å². The van der Waals surface area contributed by atoms with Gasteiger partial charge in [0.1, 0.15) is 0 Å². The second-order valence-corrected chi connectivity index (χ2v) is 5.79. The molecule has 3 N–H and O–H groups in total. The molecule has 1 heterocycles. The summed E-state index contributed by atoms with van der Waals surface area (Å²) in [7, 11) is -1.91. The number of hydrogen-bond donors (Lipinski definition) is 3. The van der Waals surface area contributed by atoms with Crippen molar-refractivity contribution < 1.29 is 8.42 Å². The van der Waals surface area contributed by atoms with Gasteiger partial charge in [-0.3, -0.25) is 9.82 Å². The Hall–Kier alpha value is -1.86. The molecule has 1 aromatic heterocycles. The summed E-state index contributed by atoms with van der Waals surface area (Å²) >= 11 is 0. The zero-order valence-corrected chi connectivity index (χ0v) is 11.6. The summed E-state index contributed by atoms with van der Waals surface area (Å²) < 4.78 is 27.2. The summed E-state index contributed by atoms with van der Waals surface area (Å²) in [5.41, 5.74) is 2.02. The Morgan fingerprint density at radius 3 is 2.74 bits per heavy atom. The molecule has 0 unspecified atom stereocenters. The normalized spacial score (nSPS) is 11.5. The van der Waals surface area contributed by atoms with E-state index in [2.05, 4.69) is 20.2 Å². The molecule has 102 valence electrons. The summed E-state index contributed by atoms with van der Waals surface area (Å²) in [6.45, 7) is 2.28. The quantitative estimate of drug-likeness (QED) is 0.769. The highest BCUT2D eigenvalue weighted by Crippen LogP contribution is 2.20. The first-order valence-corrected chi connectivity index (χ1v) is 7.28. The molecule has 0 saturated heterocycles. The maximum atomic E-state index is 12.3. The monoisotopic (exact) mass is 280 g/mol. The molecule has 0 saturated carbocycles. The standard InChI is InChI=1S/C12H16N4O2S/c1-9-5-3-4-6-11(9)16-19(17,18)12-10(7-13-2)8-14-15-12/h3-6,8,13,16H,7H2,1-2H3,(H,14,15). The van der Waals surface area contributed by atoms with Gasteiger partial charge in [0.05, 0.1) is 11.9 Å². The molecule has 0 aliphatic carbocycles. The van der Waals surface area contributed by atoms with E-state index in [-0.39, 0.29) is 5.03 Å². The first-order valence-electron chi connectivity index (χ1n) is 5.80. The van der Waals surface area contributed by atoms with E-state index in [1.807, 2.05) is 19.1 Å². The number of H-pyrrole nitrogens is 1. The van der Waals surface area contributed by atoms with Crippen LogP contribution in [0.5, 0.6) is 0 Å². The van der Waals surface area contributed by atoms with Gasteiger partial charge < -0.3 is 5.32 Å². The molecule has 0 aliphatic heterocycles. The van der Waals surface area contributed by atoms with Gasteiger partial charge in [-0.05, 0) is 25.6 Å². The molecule has 0 fully saturated rings. The van der Waals surface area contributed by atoms with Crippen LogP contribution in [0.1, 0.15) is 11.1 Å². The van der Waals surface area contributed by atoms with E-state index in [0.717, 1.165) is 5.56 Å². The Balaban J connectivity index is 2.33. The van der Waals surface area contributed by atoms with E-state index < -0.39 is 10.0 Å². The lowest BCUT2D eigenvalue weighted by Crippen LogP contribution is -2.17. The van der Waals surface area contributed by atoms with Crippen molar-refractivity contribution in [1.29, 1.82) is 0 Å². The first-order chi connectivity index (χ1) is 9.04. The number of aryl methyl sites for hydroxylation is 1. The van der Waals surface area contributed by atoms with Gasteiger partial charge >= 0.3 is 0 Å². The second kappa shape index (κ2) is 5.41. The maximum Gasteiger partial charge on any atom is 0.279 e. The highest BCUT2D eigenvalue weighted by molar-refractivity contribution is 7.92. The van der Waals surface area contributed by atoms with Gasteiger partial charge in [0.15, 0.2) is 5.03 Å². The molecule has 0 bridgehead atoms. The molecule has 0 spiro atoms. The smallest absolute Gasteiger partial charge is 0.279 e. The number of sulfonamides is 1. The molecule has 0 atom stereocenters. The number of aromatic amines is 1. The van der Waals surface area contributed by atoms with E-state index in [9.17, 15) is 8.42 Å². The molecule has 0 amide bonds. The summed E-state index contributed by atoms with van der Waals surface area (Å²) in [6.07, 6.45) is 1.50. The highest BCUT2D eigenvalue weighted by atomic mass is 32.2. The van der Waals surface area contributed by atoms with Gasteiger partial charge in [-0.15, -0.1) is 0 Å². The number of nitrogens with zero attached hydrogens (tertiary/aromatic N) is 1. The van der Waals surface area contributed by atoms with E-state index in [4.69, 9.17) is 0 Å². The highest BCUT2D eigenvalue weighted by Gasteiger charge is 2.21. The van der Waals surface area contributed by atoms with Crippen molar-refractivity contribution in [3.63, 3.8) is 0 Å². The van der Waals surface area contributed by atoms with Crippen LogP contribution in [-0.4, -0.2) is 25.7 Å². The lowest BCUT2D eigenvalue weighted by Gasteiger charge is -2.10. The maximum absolute atomic E-state index is 12.3. The van der Waals surface area contributed by atoms with Crippen molar-refractivity contribution in [2.24, 2.45) is 0 Å². The van der Waals surface area contributed by atoms with Gasteiger partial charge in [-0.1, -0.05) is 18.2 Å². The fourth-order valence-electron chi connectivity index (χ4n) is 1.73. The van der Waals surface area contributed by atoms with E-state index in [0.29, 0.717) is 17.8 Å². The number of hydrogen-bond acceptors (Lipinski definition) is 4. The van der Waals surface area contributed by atoms with Crippen LogP contribution in [0.4, 0.5) is 5.69 Å². The van der Waals surface area contributed by atoms with Crippen LogP contribution in [0, 0.1) is 6.92 Å². The molecular formula is C12H16N4O2S. The molecule has 2 aromatic rings. The fourth-order valence-corrected chi connectivity index (χ4v) is 3.00. The van der Waals surface area contributed by atoms with E-state index in [1.54, 1.807) is 19.2 Å². The van der Waals surface area contributed by atoms with Gasteiger partial charge in [0.2, 0.25) is 0 Å². The third-order valence-electron chi connectivity index (χ3n) is 2.70. The van der Waals surface area contributed by atoms with Crippen molar-refractivity contribution in [3.05, 3.63) is 41.6 Å². The minimum Gasteiger partial charge on any atom is -0.316 e. The largest absolute Gasteiger partial charge is 0.316 e. The Morgan fingerprint density at radius 1 is 1.32 bits per heavy atom. The number of benzene rings is 1. The Bertz CT molecular complexity index is 664. The molecule has 0 radical (unpaired) electrons. The van der Waals surface area contributed by atoms with Crippen LogP contribution < -0.4 is 10.0 Å². The second-order valence-electron chi connectivity index (χ2n) is 4.18. The van der Waals surface area contributed by atoms with Gasteiger partial charge in [-0.25, -0.2) is 0 Å². The zero-order chi connectivity index (χ0) is 13.9. The van der Waals surface area contributed by atoms with E-state index >= 15 is 0 Å². The van der Waals surface area contributed by atoms with Gasteiger partial charge in [0, 0.05) is 12.1 Å². The van der Waals surface area contributed by atoms with Crippen LogP contribution in [-0.2, 0) is 16.6 Å². The molecule has 6 nitrogen and oxygen atoms in total. The molecule has 19 heavy (non-hydrogen) atoms. The lowest BCUT2D eigenvalue weighted by molar-refractivity contribution is 0.595. The van der Waals surface area contributed by atoms with Gasteiger partial charge in [-0.2, -0.15) is 13.5 Å². The van der Waals surface area contributed by atoms with Crippen molar-refractivity contribution in [2.75, 3.05) is 11.8 Å². The van der Waals surface area contributed by atoms with Crippen LogP contribution in [0.2, 0.25) is 0 Å². The topological polar surface area (TPSA) is 86.9 Å². The summed E-state index contributed by atoms with van der Waals surface area (Å²) in [4.78, 5) is 0. The van der Waals surface area contributed by atoms with Crippen LogP contribution in [0.25, 0.3) is 0 Å². The molecule has 2 rings (SSSR count). The molecule has 1 aromatic carbocycles. The van der Waals surface area contributed by atoms with E-state index in [1.165, 1.54) is 6.20 Å². The van der Waals surface area contributed by atoms with Crippen molar-refractivity contribution in [1.82, 2.24) is 15.5 Å². The number of aromatic nitrogens is 2. The molecule has 0 aliphatic rings. The zero-order valence-electron chi connectivity index (χ0n) is 10.8.